The smallest absolute Gasteiger partial charge is 0.0422 e. The van der Waals surface area contributed by atoms with Crippen molar-refractivity contribution in [2.24, 2.45) is 5.73 Å². The van der Waals surface area contributed by atoms with E-state index in [0.717, 1.165) is 33.0 Å². The van der Waals surface area contributed by atoms with Gasteiger partial charge in [0, 0.05) is 33.3 Å². The molecule has 0 amide bonds. The van der Waals surface area contributed by atoms with Crippen molar-refractivity contribution in [3.63, 3.8) is 0 Å². The third-order valence-corrected chi connectivity index (χ3v) is 4.30. The van der Waals surface area contributed by atoms with Crippen molar-refractivity contribution in [2.75, 3.05) is 0 Å². The molecule has 2 aromatic rings. The molecule has 2 rings (SSSR count). The van der Waals surface area contributed by atoms with Crippen LogP contribution >= 0.6 is 31.9 Å². The predicted octanol–water partition coefficient (Wildman–Crippen LogP) is 4.41. The highest BCUT2D eigenvalue weighted by molar-refractivity contribution is 9.11. The van der Waals surface area contributed by atoms with Crippen LogP contribution in [-0.4, -0.2) is 4.98 Å². The number of halogens is 2. The van der Waals surface area contributed by atoms with E-state index in [4.69, 9.17) is 5.73 Å². The highest BCUT2D eigenvalue weighted by atomic mass is 79.9. The lowest BCUT2D eigenvalue weighted by atomic mass is 10.0. The standard InChI is InChI=1S/C15H16Br2N2/c1-2-10-3-5-12(19-9-10)8-15(18)13-7-11(16)4-6-14(13)17/h3-7,9,15H,2,8,18H2,1H3. The lowest BCUT2D eigenvalue weighted by Gasteiger charge is -2.14. The fourth-order valence-corrected chi connectivity index (χ4v) is 2.84. The van der Waals surface area contributed by atoms with Gasteiger partial charge < -0.3 is 5.73 Å². The Morgan fingerprint density at radius 3 is 2.63 bits per heavy atom. The first-order valence-electron chi connectivity index (χ1n) is 6.24. The van der Waals surface area contributed by atoms with E-state index in [-0.39, 0.29) is 6.04 Å². The molecule has 1 heterocycles. The summed E-state index contributed by atoms with van der Waals surface area (Å²) in [6.07, 6.45) is 3.67. The van der Waals surface area contributed by atoms with Gasteiger partial charge in [0.1, 0.15) is 0 Å². The van der Waals surface area contributed by atoms with Gasteiger partial charge in [-0.1, -0.05) is 44.8 Å². The molecule has 0 spiro atoms. The highest BCUT2D eigenvalue weighted by Gasteiger charge is 2.12. The Morgan fingerprint density at radius 2 is 2.00 bits per heavy atom. The molecule has 100 valence electrons. The third-order valence-electron chi connectivity index (χ3n) is 3.08. The third kappa shape index (κ3) is 3.88. The van der Waals surface area contributed by atoms with Gasteiger partial charge in [0.2, 0.25) is 0 Å². The maximum Gasteiger partial charge on any atom is 0.0422 e. The molecule has 2 nitrogen and oxygen atoms in total. The van der Waals surface area contributed by atoms with E-state index in [1.807, 2.05) is 18.3 Å². The quantitative estimate of drug-likeness (QED) is 0.848. The van der Waals surface area contributed by atoms with Gasteiger partial charge in [-0.05, 0) is 41.8 Å². The fraction of sp³-hybridized carbons (Fsp3) is 0.267. The van der Waals surface area contributed by atoms with Crippen LogP contribution in [0.15, 0.2) is 45.5 Å². The van der Waals surface area contributed by atoms with Gasteiger partial charge in [-0.3, -0.25) is 4.98 Å². The van der Waals surface area contributed by atoms with E-state index in [2.05, 4.69) is 62.0 Å². The monoisotopic (exact) mass is 382 g/mol. The number of aryl methyl sites for hydroxylation is 1. The lowest BCUT2D eigenvalue weighted by Crippen LogP contribution is -2.14. The van der Waals surface area contributed by atoms with Crippen LogP contribution in [-0.2, 0) is 12.8 Å². The van der Waals surface area contributed by atoms with E-state index in [9.17, 15) is 0 Å². The van der Waals surface area contributed by atoms with Gasteiger partial charge in [0.15, 0.2) is 0 Å². The van der Waals surface area contributed by atoms with Crippen LogP contribution in [0.25, 0.3) is 0 Å². The summed E-state index contributed by atoms with van der Waals surface area (Å²) in [6, 6.07) is 10.2. The van der Waals surface area contributed by atoms with Crippen molar-refractivity contribution in [2.45, 2.75) is 25.8 Å². The number of benzene rings is 1. The molecule has 0 radical (unpaired) electrons. The molecule has 2 N–H and O–H groups in total. The number of nitrogens with two attached hydrogens (primary N) is 1. The van der Waals surface area contributed by atoms with Crippen molar-refractivity contribution in [3.05, 3.63) is 62.3 Å². The van der Waals surface area contributed by atoms with Crippen LogP contribution < -0.4 is 5.73 Å². The van der Waals surface area contributed by atoms with Gasteiger partial charge in [-0.15, -0.1) is 0 Å². The van der Waals surface area contributed by atoms with Gasteiger partial charge in [0.25, 0.3) is 0 Å². The van der Waals surface area contributed by atoms with Crippen LogP contribution in [0.1, 0.15) is 29.8 Å². The second kappa shape index (κ2) is 6.64. The summed E-state index contributed by atoms with van der Waals surface area (Å²) in [5, 5.41) is 0. The summed E-state index contributed by atoms with van der Waals surface area (Å²) in [5.74, 6) is 0. The SMILES string of the molecule is CCc1ccc(CC(N)c2cc(Br)ccc2Br)nc1. The summed E-state index contributed by atoms with van der Waals surface area (Å²) in [4.78, 5) is 4.46. The molecule has 0 fully saturated rings. The molecule has 1 aromatic carbocycles. The lowest BCUT2D eigenvalue weighted by molar-refractivity contribution is 0.702. The van der Waals surface area contributed by atoms with E-state index in [1.165, 1.54) is 5.56 Å². The second-order valence-electron chi connectivity index (χ2n) is 4.49. The van der Waals surface area contributed by atoms with Crippen LogP contribution in [0.5, 0.6) is 0 Å². The first kappa shape index (κ1) is 14.7. The zero-order valence-corrected chi connectivity index (χ0v) is 13.9. The molecule has 0 saturated carbocycles. The van der Waals surface area contributed by atoms with Crippen LogP contribution in [0.3, 0.4) is 0 Å². The average Bonchev–Trinajstić information content (AvgIpc) is 2.42. The zero-order valence-electron chi connectivity index (χ0n) is 10.7. The highest BCUT2D eigenvalue weighted by Crippen LogP contribution is 2.27. The molecule has 19 heavy (non-hydrogen) atoms. The Labute approximate surface area is 130 Å². The van der Waals surface area contributed by atoms with Gasteiger partial charge in [-0.2, -0.15) is 0 Å². The number of hydrogen-bond donors (Lipinski definition) is 1. The molecule has 0 aliphatic heterocycles. The Hall–Kier alpha value is -0.710. The van der Waals surface area contributed by atoms with E-state index in [1.54, 1.807) is 0 Å². The largest absolute Gasteiger partial charge is 0.324 e. The first-order valence-corrected chi connectivity index (χ1v) is 7.83. The Balaban J connectivity index is 2.15. The minimum Gasteiger partial charge on any atom is -0.324 e. The minimum atomic E-state index is -0.0631. The summed E-state index contributed by atoms with van der Waals surface area (Å²) < 4.78 is 2.07. The van der Waals surface area contributed by atoms with Crippen LogP contribution in [0.4, 0.5) is 0 Å². The van der Waals surface area contributed by atoms with Crippen molar-refractivity contribution in [3.8, 4) is 0 Å². The summed E-state index contributed by atoms with van der Waals surface area (Å²) in [6.45, 7) is 2.13. The summed E-state index contributed by atoms with van der Waals surface area (Å²) in [5.41, 5.74) is 9.65. The van der Waals surface area contributed by atoms with Gasteiger partial charge >= 0.3 is 0 Å². The maximum absolute atomic E-state index is 6.28. The zero-order chi connectivity index (χ0) is 13.8. The molecule has 1 unspecified atom stereocenters. The molecular weight excluding hydrogens is 368 g/mol. The Bertz CT molecular complexity index is 553. The second-order valence-corrected chi connectivity index (χ2v) is 6.26. The van der Waals surface area contributed by atoms with E-state index >= 15 is 0 Å². The number of hydrogen-bond acceptors (Lipinski definition) is 2. The van der Waals surface area contributed by atoms with Gasteiger partial charge in [-0.25, -0.2) is 0 Å². The van der Waals surface area contributed by atoms with Crippen molar-refractivity contribution < 1.29 is 0 Å². The summed E-state index contributed by atoms with van der Waals surface area (Å²) in [7, 11) is 0. The molecule has 4 heteroatoms. The normalized spacial score (nSPS) is 12.4. The molecule has 1 aromatic heterocycles. The van der Waals surface area contributed by atoms with E-state index in [0.29, 0.717) is 0 Å². The Morgan fingerprint density at radius 1 is 1.21 bits per heavy atom. The molecule has 0 bridgehead atoms. The maximum atomic E-state index is 6.28. The van der Waals surface area contributed by atoms with Crippen LogP contribution in [0, 0.1) is 0 Å². The van der Waals surface area contributed by atoms with Crippen LogP contribution in [0.2, 0.25) is 0 Å². The number of pyridine rings is 1. The average molecular weight is 384 g/mol. The predicted molar refractivity (Wildman–Crippen MR) is 86.1 cm³/mol. The number of rotatable bonds is 4. The molecular formula is C15H16Br2N2. The minimum absolute atomic E-state index is 0.0631. The molecule has 0 saturated heterocycles. The molecule has 1 atom stereocenters. The van der Waals surface area contributed by atoms with Gasteiger partial charge in [0.05, 0.1) is 0 Å². The van der Waals surface area contributed by atoms with Crippen molar-refractivity contribution in [1.29, 1.82) is 0 Å². The number of aromatic nitrogens is 1. The van der Waals surface area contributed by atoms with Crippen molar-refractivity contribution in [1.82, 2.24) is 4.98 Å². The Kier molecular flexibility index (Phi) is 5.13. The summed E-state index contributed by atoms with van der Waals surface area (Å²) >= 11 is 7.02. The molecule has 0 aliphatic carbocycles. The van der Waals surface area contributed by atoms with Crippen molar-refractivity contribution >= 4 is 31.9 Å². The fourth-order valence-electron chi connectivity index (χ4n) is 1.92. The number of nitrogens with zero attached hydrogens (tertiary/aromatic N) is 1. The van der Waals surface area contributed by atoms with E-state index < -0.39 is 0 Å². The topological polar surface area (TPSA) is 38.9 Å². The molecule has 0 aliphatic rings. The first-order chi connectivity index (χ1) is 9.10.